The Bertz CT molecular complexity index is 515. The molecule has 0 spiro atoms. The highest BCUT2D eigenvalue weighted by molar-refractivity contribution is 6.35. The maximum Gasteiger partial charge on any atom is 0.137 e. The van der Waals surface area contributed by atoms with Gasteiger partial charge in [-0.15, -0.1) is 0 Å². The van der Waals surface area contributed by atoms with Gasteiger partial charge >= 0.3 is 0 Å². The van der Waals surface area contributed by atoms with Crippen LogP contribution < -0.4 is 9.47 Å². The van der Waals surface area contributed by atoms with Crippen LogP contribution in [0.2, 0.25) is 10.0 Å². The van der Waals surface area contributed by atoms with Crippen molar-refractivity contribution in [2.45, 2.75) is 6.42 Å². The van der Waals surface area contributed by atoms with Crippen molar-refractivity contribution in [3.8, 4) is 11.5 Å². The first kappa shape index (κ1) is 14.0. The molecule has 0 atom stereocenters. The largest absolute Gasteiger partial charge is 0.493 e. The summed E-state index contributed by atoms with van der Waals surface area (Å²) in [6.07, 6.45) is 0.786. The van der Waals surface area contributed by atoms with E-state index in [0.717, 1.165) is 12.2 Å². The zero-order valence-corrected chi connectivity index (χ0v) is 11.8. The van der Waals surface area contributed by atoms with Crippen molar-refractivity contribution in [2.75, 3.05) is 13.2 Å². The molecule has 0 saturated carbocycles. The van der Waals surface area contributed by atoms with E-state index in [9.17, 15) is 0 Å². The van der Waals surface area contributed by atoms with Crippen LogP contribution >= 0.6 is 23.2 Å². The van der Waals surface area contributed by atoms with Crippen LogP contribution in [-0.2, 0) is 0 Å². The Morgan fingerprint density at radius 1 is 0.842 bits per heavy atom. The third-order valence-corrected chi connectivity index (χ3v) is 2.98. The third-order valence-electron chi connectivity index (χ3n) is 2.45. The number of hydrogen-bond acceptors (Lipinski definition) is 2. The fourth-order valence-electron chi connectivity index (χ4n) is 1.54. The van der Waals surface area contributed by atoms with E-state index in [2.05, 4.69) is 0 Å². The summed E-state index contributed by atoms with van der Waals surface area (Å²) in [5, 5.41) is 1.13. The zero-order chi connectivity index (χ0) is 13.5. The second-order valence-corrected chi connectivity index (χ2v) is 4.78. The van der Waals surface area contributed by atoms with Gasteiger partial charge in [0.1, 0.15) is 11.5 Å². The summed E-state index contributed by atoms with van der Waals surface area (Å²) in [6, 6.07) is 14.9. The van der Waals surface area contributed by atoms with Crippen LogP contribution in [0.4, 0.5) is 0 Å². The maximum absolute atomic E-state index is 6.00. The minimum absolute atomic E-state index is 0.525. The number of benzene rings is 2. The SMILES string of the molecule is Clc1ccc(OCCCOc2ccccc2)c(Cl)c1. The molecule has 0 N–H and O–H groups in total. The van der Waals surface area contributed by atoms with E-state index in [1.54, 1.807) is 18.2 Å². The minimum atomic E-state index is 0.525. The highest BCUT2D eigenvalue weighted by Crippen LogP contribution is 2.27. The number of hydrogen-bond donors (Lipinski definition) is 0. The summed E-state index contributed by atoms with van der Waals surface area (Å²) in [7, 11) is 0. The lowest BCUT2D eigenvalue weighted by atomic mass is 10.3. The van der Waals surface area contributed by atoms with Gasteiger partial charge in [0.05, 0.1) is 18.2 Å². The highest BCUT2D eigenvalue weighted by atomic mass is 35.5. The molecule has 2 rings (SSSR count). The van der Waals surface area contributed by atoms with E-state index in [0.29, 0.717) is 29.0 Å². The predicted octanol–water partition coefficient (Wildman–Crippen LogP) is 4.84. The van der Waals surface area contributed by atoms with Gasteiger partial charge in [0.2, 0.25) is 0 Å². The van der Waals surface area contributed by atoms with Crippen molar-refractivity contribution in [1.29, 1.82) is 0 Å². The first-order valence-electron chi connectivity index (χ1n) is 6.01. The monoisotopic (exact) mass is 296 g/mol. The molecule has 0 radical (unpaired) electrons. The standard InChI is InChI=1S/C15H14Cl2O2/c16-12-7-8-15(14(17)11-12)19-10-4-9-18-13-5-2-1-3-6-13/h1-3,5-8,11H,4,9-10H2. The van der Waals surface area contributed by atoms with E-state index in [4.69, 9.17) is 32.7 Å². The normalized spacial score (nSPS) is 10.2. The Morgan fingerprint density at radius 3 is 2.32 bits per heavy atom. The van der Waals surface area contributed by atoms with E-state index in [1.807, 2.05) is 30.3 Å². The Hall–Kier alpha value is -1.38. The molecule has 0 aromatic heterocycles. The number of para-hydroxylation sites is 1. The molecule has 0 bridgehead atoms. The molecule has 19 heavy (non-hydrogen) atoms. The molecule has 2 nitrogen and oxygen atoms in total. The van der Waals surface area contributed by atoms with Gasteiger partial charge < -0.3 is 9.47 Å². The third kappa shape index (κ3) is 4.66. The van der Waals surface area contributed by atoms with Crippen LogP contribution in [0.15, 0.2) is 48.5 Å². The molecule has 0 aliphatic carbocycles. The number of rotatable bonds is 6. The van der Waals surface area contributed by atoms with Gasteiger partial charge in [-0.25, -0.2) is 0 Å². The van der Waals surface area contributed by atoms with Gasteiger partial charge in [0.15, 0.2) is 0 Å². The lowest BCUT2D eigenvalue weighted by Crippen LogP contribution is -2.05. The molecule has 0 heterocycles. The molecular weight excluding hydrogens is 283 g/mol. The average molecular weight is 297 g/mol. The van der Waals surface area contributed by atoms with Crippen molar-refractivity contribution >= 4 is 23.2 Å². The number of halogens is 2. The summed E-state index contributed by atoms with van der Waals surface area (Å²) in [4.78, 5) is 0. The molecule has 0 saturated heterocycles. The van der Waals surface area contributed by atoms with Crippen molar-refractivity contribution in [2.24, 2.45) is 0 Å². The van der Waals surface area contributed by atoms with Crippen LogP contribution in [0.3, 0.4) is 0 Å². The molecule has 2 aromatic rings. The molecule has 100 valence electrons. The topological polar surface area (TPSA) is 18.5 Å². The Labute approximate surface area is 122 Å². The molecule has 0 fully saturated rings. The van der Waals surface area contributed by atoms with Crippen LogP contribution in [0, 0.1) is 0 Å². The lowest BCUT2D eigenvalue weighted by Gasteiger charge is -2.09. The van der Waals surface area contributed by atoms with Gasteiger partial charge in [-0.05, 0) is 30.3 Å². The van der Waals surface area contributed by atoms with Crippen LogP contribution in [0.1, 0.15) is 6.42 Å². The molecule has 4 heteroatoms. The van der Waals surface area contributed by atoms with E-state index >= 15 is 0 Å². The fourth-order valence-corrected chi connectivity index (χ4v) is 2.00. The minimum Gasteiger partial charge on any atom is -0.493 e. The second kappa shape index (κ2) is 7.27. The van der Waals surface area contributed by atoms with E-state index < -0.39 is 0 Å². The van der Waals surface area contributed by atoms with E-state index in [-0.39, 0.29) is 0 Å². The summed E-state index contributed by atoms with van der Waals surface area (Å²) in [5.41, 5.74) is 0. The summed E-state index contributed by atoms with van der Waals surface area (Å²) in [5.74, 6) is 1.51. The van der Waals surface area contributed by atoms with Crippen LogP contribution in [0.5, 0.6) is 11.5 Å². The van der Waals surface area contributed by atoms with Gasteiger partial charge in [0.25, 0.3) is 0 Å². The highest BCUT2D eigenvalue weighted by Gasteiger charge is 2.02. The van der Waals surface area contributed by atoms with Crippen molar-refractivity contribution in [3.63, 3.8) is 0 Å². The van der Waals surface area contributed by atoms with Crippen molar-refractivity contribution < 1.29 is 9.47 Å². The van der Waals surface area contributed by atoms with Gasteiger partial charge in [-0.1, -0.05) is 41.4 Å². The molecule has 0 amide bonds. The molecule has 0 unspecified atom stereocenters. The molecule has 0 aliphatic rings. The average Bonchev–Trinajstić information content (AvgIpc) is 2.42. The lowest BCUT2D eigenvalue weighted by molar-refractivity contribution is 0.247. The smallest absolute Gasteiger partial charge is 0.137 e. The summed E-state index contributed by atoms with van der Waals surface area (Å²) >= 11 is 11.8. The number of ether oxygens (including phenoxy) is 2. The second-order valence-electron chi connectivity index (χ2n) is 3.94. The van der Waals surface area contributed by atoms with E-state index in [1.165, 1.54) is 0 Å². The first-order chi connectivity index (χ1) is 9.25. The summed E-state index contributed by atoms with van der Waals surface area (Å²) in [6.45, 7) is 1.16. The maximum atomic E-state index is 6.00. The van der Waals surface area contributed by atoms with Crippen LogP contribution in [-0.4, -0.2) is 13.2 Å². The van der Waals surface area contributed by atoms with Gasteiger partial charge in [-0.3, -0.25) is 0 Å². The van der Waals surface area contributed by atoms with Gasteiger partial charge in [-0.2, -0.15) is 0 Å². The fraction of sp³-hybridized carbons (Fsp3) is 0.200. The van der Waals surface area contributed by atoms with Gasteiger partial charge in [0, 0.05) is 11.4 Å². The molecular formula is C15H14Cl2O2. The van der Waals surface area contributed by atoms with Crippen molar-refractivity contribution in [1.82, 2.24) is 0 Å². The summed E-state index contributed by atoms with van der Waals surface area (Å²) < 4.78 is 11.1. The van der Waals surface area contributed by atoms with Crippen LogP contribution in [0.25, 0.3) is 0 Å². The first-order valence-corrected chi connectivity index (χ1v) is 6.77. The molecule has 2 aromatic carbocycles. The Balaban J connectivity index is 1.69. The van der Waals surface area contributed by atoms with Crippen molar-refractivity contribution in [3.05, 3.63) is 58.6 Å². The quantitative estimate of drug-likeness (QED) is 0.710. The Morgan fingerprint density at radius 2 is 1.58 bits per heavy atom. The molecule has 0 aliphatic heterocycles. The Kier molecular flexibility index (Phi) is 5.37. The predicted molar refractivity (Wildman–Crippen MR) is 78.5 cm³/mol. The zero-order valence-electron chi connectivity index (χ0n) is 10.3.